The SMILES string of the molecule is CC(=O)Oc1ccc(S(=O)(=O)[O-])c(C(C)(C)C)c1. The van der Waals surface area contributed by atoms with E-state index in [0.29, 0.717) is 5.56 Å². The predicted molar refractivity (Wildman–Crippen MR) is 64.4 cm³/mol. The lowest BCUT2D eigenvalue weighted by Crippen LogP contribution is -2.17. The second kappa shape index (κ2) is 4.70. The summed E-state index contributed by atoms with van der Waals surface area (Å²) in [5.74, 6) is -0.285. The van der Waals surface area contributed by atoms with Crippen LogP contribution in [0.5, 0.6) is 5.75 Å². The van der Waals surface area contributed by atoms with Crippen molar-refractivity contribution in [1.82, 2.24) is 0 Å². The second-order valence-corrected chi connectivity index (χ2v) is 6.30. The zero-order valence-electron chi connectivity index (χ0n) is 10.7. The number of esters is 1. The van der Waals surface area contributed by atoms with Crippen molar-refractivity contribution >= 4 is 16.1 Å². The summed E-state index contributed by atoms with van der Waals surface area (Å²) in [7, 11) is -4.55. The van der Waals surface area contributed by atoms with Crippen LogP contribution < -0.4 is 4.74 Å². The fraction of sp³-hybridized carbons (Fsp3) is 0.417. The van der Waals surface area contributed by atoms with Gasteiger partial charge in [0.1, 0.15) is 15.9 Å². The van der Waals surface area contributed by atoms with Crippen LogP contribution in [0.3, 0.4) is 0 Å². The molecule has 0 radical (unpaired) electrons. The van der Waals surface area contributed by atoms with Crippen molar-refractivity contribution in [2.45, 2.75) is 38.0 Å². The Morgan fingerprint density at radius 1 is 1.28 bits per heavy atom. The van der Waals surface area contributed by atoms with E-state index in [-0.39, 0.29) is 10.6 Å². The quantitative estimate of drug-likeness (QED) is 0.465. The molecule has 0 fully saturated rings. The van der Waals surface area contributed by atoms with Gasteiger partial charge in [-0.15, -0.1) is 0 Å². The average molecular weight is 271 g/mol. The van der Waals surface area contributed by atoms with Gasteiger partial charge in [-0.25, -0.2) is 8.42 Å². The molecule has 0 unspecified atom stereocenters. The second-order valence-electron chi connectivity index (χ2n) is 4.96. The summed E-state index contributed by atoms with van der Waals surface area (Å²) in [4.78, 5) is 10.6. The fourth-order valence-corrected chi connectivity index (χ4v) is 2.41. The molecule has 0 saturated heterocycles. The van der Waals surface area contributed by atoms with Crippen molar-refractivity contribution in [3.8, 4) is 5.75 Å². The summed E-state index contributed by atoms with van der Waals surface area (Å²) in [6.45, 7) is 6.56. The van der Waals surface area contributed by atoms with Gasteiger partial charge in [0.2, 0.25) is 0 Å². The first-order valence-corrected chi connectivity index (χ1v) is 6.71. The van der Waals surface area contributed by atoms with Crippen molar-refractivity contribution in [3.63, 3.8) is 0 Å². The van der Waals surface area contributed by atoms with Crippen LogP contribution in [0.1, 0.15) is 33.3 Å². The highest BCUT2D eigenvalue weighted by Gasteiger charge is 2.22. The molecule has 5 nitrogen and oxygen atoms in total. The lowest BCUT2D eigenvalue weighted by Gasteiger charge is -2.24. The molecule has 0 spiro atoms. The predicted octanol–water partition coefficient (Wildman–Crippen LogP) is 1.81. The van der Waals surface area contributed by atoms with Gasteiger partial charge < -0.3 is 9.29 Å². The molecule has 0 amide bonds. The molecule has 0 aliphatic heterocycles. The molecule has 0 aliphatic carbocycles. The number of benzene rings is 1. The van der Waals surface area contributed by atoms with Crippen LogP contribution >= 0.6 is 0 Å². The average Bonchev–Trinajstić information content (AvgIpc) is 2.13. The van der Waals surface area contributed by atoms with E-state index in [2.05, 4.69) is 0 Å². The Hall–Kier alpha value is -1.40. The molecule has 0 aliphatic rings. The van der Waals surface area contributed by atoms with Crippen LogP contribution in [-0.2, 0) is 20.3 Å². The minimum absolute atomic E-state index is 0.222. The third-order valence-electron chi connectivity index (χ3n) is 2.29. The van der Waals surface area contributed by atoms with Crippen LogP contribution in [0.15, 0.2) is 23.1 Å². The van der Waals surface area contributed by atoms with E-state index in [9.17, 15) is 17.8 Å². The summed E-state index contributed by atoms with van der Waals surface area (Å²) >= 11 is 0. The van der Waals surface area contributed by atoms with E-state index >= 15 is 0 Å². The first kappa shape index (κ1) is 14.7. The van der Waals surface area contributed by atoms with E-state index in [1.165, 1.54) is 25.1 Å². The van der Waals surface area contributed by atoms with Gasteiger partial charge in [0.15, 0.2) is 0 Å². The van der Waals surface area contributed by atoms with Crippen molar-refractivity contribution < 1.29 is 22.5 Å². The monoisotopic (exact) mass is 271 g/mol. The smallest absolute Gasteiger partial charge is 0.308 e. The van der Waals surface area contributed by atoms with Gasteiger partial charge in [-0.05, 0) is 29.2 Å². The molecule has 0 atom stereocenters. The standard InChI is InChI=1S/C12H16O5S/c1-8(13)17-9-5-6-11(18(14,15)16)10(7-9)12(2,3)4/h5-7H,1-4H3,(H,14,15,16)/p-1. The fourth-order valence-electron chi connectivity index (χ4n) is 1.54. The largest absolute Gasteiger partial charge is 0.744 e. The Labute approximate surface area is 107 Å². The summed E-state index contributed by atoms with van der Waals surface area (Å²) in [6, 6.07) is 3.87. The number of hydrogen-bond donors (Lipinski definition) is 0. The van der Waals surface area contributed by atoms with E-state index in [1.54, 1.807) is 20.8 Å². The zero-order chi connectivity index (χ0) is 14.1. The van der Waals surface area contributed by atoms with Gasteiger partial charge in [0.05, 0.1) is 4.90 Å². The molecule has 0 heterocycles. The van der Waals surface area contributed by atoms with E-state index in [4.69, 9.17) is 4.74 Å². The Morgan fingerprint density at radius 2 is 1.83 bits per heavy atom. The van der Waals surface area contributed by atoms with Gasteiger partial charge in [-0.3, -0.25) is 4.79 Å². The number of carbonyl (C=O) groups is 1. The summed E-state index contributed by atoms with van der Waals surface area (Å²) in [5.41, 5.74) is -0.223. The highest BCUT2D eigenvalue weighted by atomic mass is 32.2. The molecule has 0 bridgehead atoms. The first-order chi connectivity index (χ1) is 8.01. The lowest BCUT2D eigenvalue weighted by molar-refractivity contribution is -0.131. The molecule has 18 heavy (non-hydrogen) atoms. The maximum absolute atomic E-state index is 11.2. The van der Waals surface area contributed by atoms with E-state index in [1.807, 2.05) is 0 Å². The van der Waals surface area contributed by atoms with Crippen molar-refractivity contribution in [2.24, 2.45) is 0 Å². The maximum Gasteiger partial charge on any atom is 0.308 e. The van der Waals surface area contributed by atoms with Gasteiger partial charge in [-0.1, -0.05) is 20.8 Å². The summed E-state index contributed by atoms with van der Waals surface area (Å²) in [6.07, 6.45) is 0. The number of ether oxygens (including phenoxy) is 1. The molecule has 0 saturated carbocycles. The van der Waals surface area contributed by atoms with Crippen LogP contribution in [-0.4, -0.2) is 18.9 Å². The van der Waals surface area contributed by atoms with Crippen LogP contribution in [0.4, 0.5) is 0 Å². The highest BCUT2D eigenvalue weighted by molar-refractivity contribution is 7.85. The number of rotatable bonds is 2. The van der Waals surface area contributed by atoms with Gasteiger partial charge in [-0.2, -0.15) is 0 Å². The molecular weight excluding hydrogens is 256 g/mol. The van der Waals surface area contributed by atoms with Crippen molar-refractivity contribution in [2.75, 3.05) is 0 Å². The number of hydrogen-bond acceptors (Lipinski definition) is 5. The maximum atomic E-state index is 11.2. The molecule has 6 heteroatoms. The van der Waals surface area contributed by atoms with Crippen LogP contribution in [0.2, 0.25) is 0 Å². The van der Waals surface area contributed by atoms with Crippen molar-refractivity contribution in [3.05, 3.63) is 23.8 Å². The Morgan fingerprint density at radius 3 is 2.22 bits per heavy atom. The third kappa shape index (κ3) is 3.54. The van der Waals surface area contributed by atoms with E-state index < -0.39 is 21.5 Å². The van der Waals surface area contributed by atoms with Crippen LogP contribution in [0.25, 0.3) is 0 Å². The molecule has 1 rings (SSSR count). The molecule has 0 aromatic heterocycles. The molecule has 0 N–H and O–H groups in total. The topological polar surface area (TPSA) is 83.5 Å². The van der Waals surface area contributed by atoms with Gasteiger partial charge in [0, 0.05) is 6.92 Å². The molecule has 1 aromatic carbocycles. The Kier molecular flexibility index (Phi) is 3.83. The summed E-state index contributed by atoms with van der Waals surface area (Å²) in [5, 5.41) is 0. The normalized spacial score (nSPS) is 12.3. The lowest BCUT2D eigenvalue weighted by atomic mass is 9.87. The van der Waals surface area contributed by atoms with Gasteiger partial charge >= 0.3 is 5.97 Å². The Bertz CT molecular complexity index is 567. The van der Waals surface area contributed by atoms with E-state index in [0.717, 1.165) is 0 Å². The summed E-state index contributed by atoms with van der Waals surface area (Å²) < 4.78 is 38.4. The minimum Gasteiger partial charge on any atom is -0.744 e. The highest BCUT2D eigenvalue weighted by Crippen LogP contribution is 2.32. The number of carbonyl (C=O) groups excluding carboxylic acids is 1. The molecule has 1 aromatic rings. The van der Waals surface area contributed by atoms with Crippen LogP contribution in [0, 0.1) is 0 Å². The molecular formula is C12H15O5S-. The Balaban J connectivity index is 3.44. The zero-order valence-corrected chi connectivity index (χ0v) is 11.5. The first-order valence-electron chi connectivity index (χ1n) is 5.30. The van der Waals surface area contributed by atoms with Crippen molar-refractivity contribution in [1.29, 1.82) is 0 Å². The third-order valence-corrected chi connectivity index (χ3v) is 3.18. The molecule has 100 valence electrons. The van der Waals surface area contributed by atoms with Gasteiger partial charge in [0.25, 0.3) is 0 Å². The minimum atomic E-state index is -4.55.